The average molecular weight is 479 g/mol. The summed E-state index contributed by atoms with van der Waals surface area (Å²) < 4.78 is 5.62. The van der Waals surface area contributed by atoms with Crippen LogP contribution in [0.5, 0.6) is 0 Å². The average Bonchev–Trinajstić information content (AvgIpc) is 3.63. The lowest BCUT2D eigenvalue weighted by Gasteiger charge is -2.20. The second-order valence-electron chi connectivity index (χ2n) is 9.66. The Morgan fingerprint density at radius 2 is 1.63 bits per heavy atom. The van der Waals surface area contributed by atoms with Gasteiger partial charge in [0.05, 0.1) is 6.42 Å². The predicted molar refractivity (Wildman–Crippen MR) is 133 cm³/mol. The summed E-state index contributed by atoms with van der Waals surface area (Å²) in [4.78, 5) is 36.2. The highest BCUT2D eigenvalue weighted by Crippen LogP contribution is 2.44. The molecule has 0 heterocycles. The molecule has 0 aliphatic heterocycles. The van der Waals surface area contributed by atoms with E-state index in [2.05, 4.69) is 34.9 Å². The monoisotopic (exact) mass is 478 g/mol. The number of hydrogen-bond donors (Lipinski definition) is 3. The predicted octanol–water partition coefficient (Wildman–Crippen LogP) is 4.70. The van der Waals surface area contributed by atoms with Gasteiger partial charge < -0.3 is 20.5 Å². The molecule has 3 N–H and O–H groups in total. The molecule has 2 aromatic carbocycles. The summed E-state index contributed by atoms with van der Waals surface area (Å²) >= 11 is 0. The molecule has 0 spiro atoms. The van der Waals surface area contributed by atoms with Crippen molar-refractivity contribution in [1.29, 1.82) is 0 Å². The number of ether oxygens (including phenoxy) is 1. The molecule has 35 heavy (non-hydrogen) atoms. The Kier molecular flexibility index (Phi) is 8.06. The van der Waals surface area contributed by atoms with Gasteiger partial charge in [0.25, 0.3) is 0 Å². The van der Waals surface area contributed by atoms with E-state index >= 15 is 0 Å². The number of alkyl carbamates (subject to hydrolysis) is 1. The van der Waals surface area contributed by atoms with Gasteiger partial charge in [-0.15, -0.1) is 0 Å². The molecule has 2 amide bonds. The van der Waals surface area contributed by atoms with E-state index in [9.17, 15) is 14.4 Å². The fraction of sp³-hybridized carbons (Fsp3) is 0.464. The van der Waals surface area contributed by atoms with Gasteiger partial charge in [-0.3, -0.25) is 9.59 Å². The number of hydrogen-bond acceptors (Lipinski definition) is 4. The Labute approximate surface area is 206 Å². The smallest absolute Gasteiger partial charge is 0.407 e. The lowest BCUT2D eigenvalue weighted by Crippen LogP contribution is -2.39. The van der Waals surface area contributed by atoms with E-state index in [1.807, 2.05) is 31.2 Å². The number of fused-ring (bicyclic) bond motifs is 3. The van der Waals surface area contributed by atoms with Gasteiger partial charge in [0, 0.05) is 24.9 Å². The molecule has 7 heteroatoms. The van der Waals surface area contributed by atoms with Crippen LogP contribution < -0.4 is 10.6 Å². The lowest BCUT2D eigenvalue weighted by molar-refractivity contribution is -0.137. The topological polar surface area (TPSA) is 105 Å². The van der Waals surface area contributed by atoms with Gasteiger partial charge in [-0.25, -0.2) is 4.79 Å². The molecule has 2 aromatic rings. The number of benzene rings is 2. The zero-order valence-corrected chi connectivity index (χ0v) is 20.2. The summed E-state index contributed by atoms with van der Waals surface area (Å²) in [6.07, 6.45) is 3.22. The Hall–Kier alpha value is -3.35. The number of carboxylic acids is 1. The fourth-order valence-electron chi connectivity index (χ4n) is 5.15. The molecule has 2 aliphatic carbocycles. The summed E-state index contributed by atoms with van der Waals surface area (Å²) in [7, 11) is 0. The van der Waals surface area contributed by atoms with Crippen LogP contribution in [-0.4, -0.2) is 42.3 Å². The van der Waals surface area contributed by atoms with Crippen LogP contribution in [0.2, 0.25) is 0 Å². The first-order valence-electron chi connectivity index (χ1n) is 12.6. The minimum atomic E-state index is -0.917. The lowest BCUT2D eigenvalue weighted by atomic mass is 9.98. The molecule has 2 aliphatic rings. The number of amides is 2. The van der Waals surface area contributed by atoms with Gasteiger partial charge in [0.1, 0.15) is 6.61 Å². The number of carbonyl (C=O) groups is 3. The first-order chi connectivity index (χ1) is 17.0. The maximum atomic E-state index is 12.6. The molecule has 7 nitrogen and oxygen atoms in total. The number of carboxylic acid groups (broad SMARTS) is 1. The van der Waals surface area contributed by atoms with Crippen LogP contribution in [0.15, 0.2) is 48.5 Å². The Balaban J connectivity index is 1.28. The highest BCUT2D eigenvalue weighted by atomic mass is 16.5. The van der Waals surface area contributed by atoms with Crippen LogP contribution in [0, 0.1) is 11.8 Å². The largest absolute Gasteiger partial charge is 0.481 e. The maximum Gasteiger partial charge on any atom is 0.407 e. The second kappa shape index (κ2) is 11.4. The van der Waals surface area contributed by atoms with Crippen LogP contribution in [0.25, 0.3) is 11.1 Å². The van der Waals surface area contributed by atoms with Crippen molar-refractivity contribution in [2.24, 2.45) is 11.8 Å². The van der Waals surface area contributed by atoms with E-state index in [0.29, 0.717) is 18.9 Å². The quantitative estimate of drug-likeness (QED) is 0.410. The van der Waals surface area contributed by atoms with Gasteiger partial charge in [-0.05, 0) is 53.4 Å². The minimum absolute atomic E-state index is 0.00268. The SMILES string of the molecule is CCC[C@H](CC(=O)O)NC(=O)CC(CNC(=O)OCC1c2ccccc2-c2ccccc21)C1CC1. The Morgan fingerprint density at radius 1 is 1.00 bits per heavy atom. The van der Waals surface area contributed by atoms with E-state index in [1.54, 1.807) is 0 Å². The van der Waals surface area contributed by atoms with Gasteiger partial charge in [0.2, 0.25) is 5.91 Å². The van der Waals surface area contributed by atoms with E-state index in [1.165, 1.54) is 11.1 Å². The van der Waals surface area contributed by atoms with Crippen molar-refractivity contribution in [2.75, 3.05) is 13.2 Å². The Bertz CT molecular complexity index is 1020. The molecule has 0 radical (unpaired) electrons. The molecule has 0 saturated heterocycles. The summed E-state index contributed by atoms with van der Waals surface area (Å²) in [5, 5.41) is 14.8. The number of rotatable bonds is 12. The molecular weight excluding hydrogens is 444 g/mol. The van der Waals surface area contributed by atoms with Crippen molar-refractivity contribution in [3.8, 4) is 11.1 Å². The zero-order valence-electron chi connectivity index (χ0n) is 20.2. The standard InChI is InChI=1S/C28H34N2O5/c1-2-7-20(15-27(32)33)30-26(31)14-19(18-12-13-18)16-29-28(34)35-17-25-23-10-5-3-8-21(23)22-9-4-6-11-24(22)25/h3-6,8-11,18-20,25H,2,7,12-17H2,1H3,(H,29,34)(H,30,31)(H,32,33)/t19?,20-/m1/s1. The number of carbonyl (C=O) groups excluding carboxylic acids is 2. The van der Waals surface area contributed by atoms with Crippen molar-refractivity contribution < 1.29 is 24.2 Å². The maximum absolute atomic E-state index is 12.6. The van der Waals surface area contributed by atoms with E-state index in [0.717, 1.165) is 30.4 Å². The first kappa shape index (κ1) is 24.8. The van der Waals surface area contributed by atoms with E-state index < -0.39 is 12.1 Å². The molecule has 2 atom stereocenters. The molecule has 186 valence electrons. The van der Waals surface area contributed by atoms with Crippen LogP contribution in [0.3, 0.4) is 0 Å². The van der Waals surface area contributed by atoms with Crippen LogP contribution >= 0.6 is 0 Å². The van der Waals surface area contributed by atoms with Gasteiger partial charge >= 0.3 is 12.1 Å². The summed E-state index contributed by atoms with van der Waals surface area (Å²) in [5.41, 5.74) is 4.69. The molecule has 1 unspecified atom stereocenters. The van der Waals surface area contributed by atoms with E-state index in [4.69, 9.17) is 9.84 Å². The third-order valence-corrected chi connectivity index (χ3v) is 7.01. The first-order valence-corrected chi connectivity index (χ1v) is 12.6. The number of aliphatic carboxylic acids is 1. The molecule has 4 rings (SSSR count). The van der Waals surface area contributed by atoms with Crippen molar-refractivity contribution in [2.45, 2.75) is 57.4 Å². The normalized spacial score (nSPS) is 16.0. The van der Waals surface area contributed by atoms with Crippen LogP contribution in [0.1, 0.15) is 62.5 Å². The minimum Gasteiger partial charge on any atom is -0.481 e. The van der Waals surface area contributed by atoms with Crippen molar-refractivity contribution in [3.05, 3.63) is 59.7 Å². The molecule has 1 saturated carbocycles. The molecule has 0 bridgehead atoms. The zero-order chi connectivity index (χ0) is 24.8. The van der Waals surface area contributed by atoms with Crippen LogP contribution in [-0.2, 0) is 14.3 Å². The van der Waals surface area contributed by atoms with Crippen molar-refractivity contribution in [1.82, 2.24) is 10.6 Å². The third kappa shape index (κ3) is 6.41. The molecular formula is C28H34N2O5. The molecule has 0 aromatic heterocycles. The summed E-state index contributed by atoms with van der Waals surface area (Å²) in [5.74, 6) is -0.653. The third-order valence-electron chi connectivity index (χ3n) is 7.01. The van der Waals surface area contributed by atoms with Crippen LogP contribution in [0.4, 0.5) is 4.79 Å². The highest BCUT2D eigenvalue weighted by Gasteiger charge is 2.34. The van der Waals surface area contributed by atoms with Crippen molar-refractivity contribution in [3.63, 3.8) is 0 Å². The van der Waals surface area contributed by atoms with Gasteiger partial charge in [0.15, 0.2) is 0 Å². The summed E-state index contributed by atoms with van der Waals surface area (Å²) in [6, 6.07) is 16.0. The fourth-order valence-corrected chi connectivity index (χ4v) is 5.15. The van der Waals surface area contributed by atoms with Gasteiger partial charge in [-0.1, -0.05) is 61.9 Å². The van der Waals surface area contributed by atoms with Crippen molar-refractivity contribution >= 4 is 18.0 Å². The van der Waals surface area contributed by atoms with E-state index in [-0.39, 0.29) is 43.2 Å². The Morgan fingerprint density at radius 3 is 2.20 bits per heavy atom. The second-order valence-corrected chi connectivity index (χ2v) is 9.66. The van der Waals surface area contributed by atoms with Gasteiger partial charge in [-0.2, -0.15) is 0 Å². The highest BCUT2D eigenvalue weighted by molar-refractivity contribution is 5.79. The number of nitrogens with one attached hydrogen (secondary N) is 2. The summed E-state index contributed by atoms with van der Waals surface area (Å²) in [6.45, 7) is 2.58. The molecule has 1 fully saturated rings.